The minimum absolute atomic E-state index is 0.0300. The number of fused-ring (bicyclic) bond motifs is 1. The predicted molar refractivity (Wildman–Crippen MR) is 128 cm³/mol. The van der Waals surface area contributed by atoms with Crippen LogP contribution in [0.15, 0.2) is 88.1 Å². The molecule has 2 aromatic carbocycles. The normalized spacial score (nSPS) is 11.5. The Labute approximate surface area is 193 Å². The second-order valence-electron chi connectivity index (χ2n) is 6.79. The van der Waals surface area contributed by atoms with Crippen LogP contribution < -0.4 is 11.0 Å². The third-order valence-corrected chi connectivity index (χ3v) is 5.78. The van der Waals surface area contributed by atoms with Crippen molar-refractivity contribution in [2.75, 3.05) is 5.75 Å². The standard InChI is InChI=1S/C23H18ClN5O2S/c1-15(16-5-4-12-25-13-16)27-28-21(30)14-32-23-26-20-7-3-2-6-19(20)22(31)29(23)18-10-8-17(24)9-11-18/h2-13H,14H2,1H3,(H,28,30)/b27-15+. The molecule has 0 radical (unpaired) electrons. The van der Waals surface area contributed by atoms with Crippen molar-refractivity contribution in [1.29, 1.82) is 0 Å². The van der Waals surface area contributed by atoms with Crippen LogP contribution in [0.5, 0.6) is 0 Å². The summed E-state index contributed by atoms with van der Waals surface area (Å²) in [7, 11) is 0. The molecule has 4 aromatic rings. The first-order valence-corrected chi connectivity index (χ1v) is 11.0. The molecule has 0 fully saturated rings. The third kappa shape index (κ3) is 4.87. The molecule has 0 saturated carbocycles. The van der Waals surface area contributed by atoms with Crippen molar-refractivity contribution >= 4 is 45.9 Å². The number of hydrogen-bond acceptors (Lipinski definition) is 6. The number of nitrogens with one attached hydrogen (secondary N) is 1. The highest BCUT2D eigenvalue weighted by atomic mass is 35.5. The topological polar surface area (TPSA) is 89.2 Å². The van der Waals surface area contributed by atoms with Gasteiger partial charge in [-0.2, -0.15) is 5.10 Å². The van der Waals surface area contributed by atoms with Crippen molar-refractivity contribution in [2.45, 2.75) is 12.1 Å². The van der Waals surface area contributed by atoms with Crippen LogP contribution in [0.2, 0.25) is 5.02 Å². The number of carbonyl (C=O) groups is 1. The number of para-hydroxylation sites is 1. The highest BCUT2D eigenvalue weighted by molar-refractivity contribution is 7.99. The smallest absolute Gasteiger partial charge is 0.266 e. The number of carbonyl (C=O) groups excluding carboxylic acids is 1. The number of amides is 1. The van der Waals surface area contributed by atoms with Gasteiger partial charge in [-0.05, 0) is 49.4 Å². The average molecular weight is 464 g/mol. The zero-order valence-corrected chi connectivity index (χ0v) is 18.6. The SMILES string of the molecule is C/C(=N\NC(=O)CSc1nc2ccccc2c(=O)n1-c1ccc(Cl)cc1)c1cccnc1. The Balaban J connectivity index is 1.59. The first-order chi connectivity index (χ1) is 15.5. The van der Waals surface area contributed by atoms with Gasteiger partial charge in [0.25, 0.3) is 11.5 Å². The summed E-state index contributed by atoms with van der Waals surface area (Å²) in [6, 6.07) is 17.7. The Morgan fingerprint density at radius 2 is 1.91 bits per heavy atom. The number of halogens is 1. The average Bonchev–Trinajstić information content (AvgIpc) is 2.82. The van der Waals surface area contributed by atoms with Gasteiger partial charge in [-0.1, -0.05) is 41.6 Å². The Kier molecular flexibility index (Phi) is 6.63. The lowest BCUT2D eigenvalue weighted by Gasteiger charge is -2.13. The summed E-state index contributed by atoms with van der Waals surface area (Å²) in [5.74, 6) is -0.286. The van der Waals surface area contributed by atoms with Crippen LogP contribution in [0.4, 0.5) is 0 Å². The van der Waals surface area contributed by atoms with Gasteiger partial charge in [0, 0.05) is 23.0 Å². The van der Waals surface area contributed by atoms with E-state index in [-0.39, 0.29) is 17.2 Å². The van der Waals surface area contributed by atoms with Gasteiger partial charge in [-0.25, -0.2) is 10.4 Å². The molecule has 0 aliphatic heterocycles. The molecule has 0 bridgehead atoms. The second kappa shape index (κ2) is 9.76. The van der Waals surface area contributed by atoms with E-state index >= 15 is 0 Å². The molecular weight excluding hydrogens is 446 g/mol. The first kappa shape index (κ1) is 21.7. The van der Waals surface area contributed by atoms with Crippen molar-refractivity contribution in [3.8, 4) is 5.69 Å². The minimum atomic E-state index is -0.316. The highest BCUT2D eigenvalue weighted by Gasteiger charge is 2.15. The van der Waals surface area contributed by atoms with Crippen LogP contribution >= 0.6 is 23.4 Å². The fourth-order valence-electron chi connectivity index (χ4n) is 2.98. The zero-order chi connectivity index (χ0) is 22.5. The molecule has 0 spiro atoms. The largest absolute Gasteiger partial charge is 0.272 e. The number of hydrogen-bond donors (Lipinski definition) is 1. The van der Waals surface area contributed by atoms with E-state index in [1.165, 1.54) is 4.57 Å². The van der Waals surface area contributed by atoms with Gasteiger partial charge in [0.2, 0.25) is 0 Å². The molecule has 0 aliphatic rings. The summed E-state index contributed by atoms with van der Waals surface area (Å²) in [5, 5.41) is 5.58. The Bertz CT molecular complexity index is 1350. The maximum atomic E-state index is 13.2. The van der Waals surface area contributed by atoms with Crippen molar-refractivity contribution < 1.29 is 4.79 Å². The van der Waals surface area contributed by atoms with E-state index in [9.17, 15) is 9.59 Å². The molecule has 1 amide bonds. The van der Waals surface area contributed by atoms with E-state index in [2.05, 4.69) is 20.5 Å². The van der Waals surface area contributed by atoms with Crippen molar-refractivity contribution in [3.05, 3.63) is 94.0 Å². The van der Waals surface area contributed by atoms with Crippen LogP contribution in [-0.2, 0) is 4.79 Å². The number of nitrogens with zero attached hydrogens (tertiary/aromatic N) is 4. The molecule has 1 N–H and O–H groups in total. The van der Waals surface area contributed by atoms with E-state index in [4.69, 9.17) is 11.6 Å². The van der Waals surface area contributed by atoms with Crippen LogP contribution in [0.25, 0.3) is 16.6 Å². The van der Waals surface area contributed by atoms with Crippen LogP contribution in [0, 0.1) is 0 Å². The molecule has 160 valence electrons. The molecule has 2 heterocycles. The molecule has 32 heavy (non-hydrogen) atoms. The fourth-order valence-corrected chi connectivity index (χ4v) is 3.91. The van der Waals surface area contributed by atoms with Gasteiger partial charge >= 0.3 is 0 Å². The quantitative estimate of drug-likeness (QED) is 0.201. The molecule has 4 rings (SSSR count). The summed E-state index contributed by atoms with van der Waals surface area (Å²) >= 11 is 7.16. The number of pyridine rings is 1. The Hall–Kier alpha value is -3.49. The van der Waals surface area contributed by atoms with Crippen LogP contribution in [-0.4, -0.2) is 31.9 Å². The molecule has 0 unspecified atom stereocenters. The second-order valence-corrected chi connectivity index (χ2v) is 8.17. The maximum Gasteiger partial charge on any atom is 0.266 e. The summed E-state index contributed by atoms with van der Waals surface area (Å²) in [5.41, 5.74) is 4.95. The van der Waals surface area contributed by atoms with E-state index in [0.29, 0.717) is 32.5 Å². The molecule has 0 atom stereocenters. The summed E-state index contributed by atoms with van der Waals surface area (Å²) in [4.78, 5) is 34.3. The molecule has 9 heteroatoms. The summed E-state index contributed by atoms with van der Waals surface area (Å²) in [6.07, 6.45) is 3.34. The fraction of sp³-hybridized carbons (Fsp3) is 0.0870. The number of aromatic nitrogens is 3. The summed E-state index contributed by atoms with van der Waals surface area (Å²) in [6.45, 7) is 1.79. The molecular formula is C23H18ClN5O2S. The van der Waals surface area contributed by atoms with E-state index in [0.717, 1.165) is 17.3 Å². The van der Waals surface area contributed by atoms with Crippen molar-refractivity contribution in [2.24, 2.45) is 5.10 Å². The van der Waals surface area contributed by atoms with E-state index in [1.807, 2.05) is 12.1 Å². The zero-order valence-electron chi connectivity index (χ0n) is 17.0. The van der Waals surface area contributed by atoms with Gasteiger partial charge in [0.05, 0.1) is 28.1 Å². The number of rotatable bonds is 6. The highest BCUT2D eigenvalue weighted by Crippen LogP contribution is 2.22. The minimum Gasteiger partial charge on any atom is -0.272 e. The predicted octanol–water partition coefficient (Wildman–Crippen LogP) is 4.07. The summed E-state index contributed by atoms with van der Waals surface area (Å²) < 4.78 is 1.49. The maximum absolute atomic E-state index is 13.2. The van der Waals surface area contributed by atoms with E-state index < -0.39 is 0 Å². The third-order valence-electron chi connectivity index (χ3n) is 4.59. The first-order valence-electron chi connectivity index (χ1n) is 9.67. The molecule has 2 aromatic heterocycles. The number of benzene rings is 2. The lowest BCUT2D eigenvalue weighted by Crippen LogP contribution is -2.24. The van der Waals surface area contributed by atoms with E-state index in [1.54, 1.807) is 67.8 Å². The molecule has 0 aliphatic carbocycles. The van der Waals surface area contributed by atoms with Crippen molar-refractivity contribution in [3.63, 3.8) is 0 Å². The lowest BCUT2D eigenvalue weighted by atomic mass is 10.2. The number of hydrazone groups is 1. The molecule has 0 saturated heterocycles. The molecule has 7 nitrogen and oxygen atoms in total. The van der Waals surface area contributed by atoms with Gasteiger partial charge in [0.1, 0.15) is 0 Å². The van der Waals surface area contributed by atoms with Gasteiger partial charge in [-0.15, -0.1) is 0 Å². The van der Waals surface area contributed by atoms with Crippen LogP contribution in [0.3, 0.4) is 0 Å². The lowest BCUT2D eigenvalue weighted by molar-refractivity contribution is -0.118. The van der Waals surface area contributed by atoms with Gasteiger partial charge < -0.3 is 0 Å². The van der Waals surface area contributed by atoms with Crippen molar-refractivity contribution in [1.82, 2.24) is 20.0 Å². The number of thioether (sulfide) groups is 1. The Morgan fingerprint density at radius 1 is 1.12 bits per heavy atom. The van der Waals surface area contributed by atoms with Crippen LogP contribution in [0.1, 0.15) is 12.5 Å². The monoisotopic (exact) mass is 463 g/mol. The Morgan fingerprint density at radius 3 is 2.66 bits per heavy atom. The van der Waals surface area contributed by atoms with Gasteiger partial charge in [-0.3, -0.25) is 19.1 Å². The van der Waals surface area contributed by atoms with Gasteiger partial charge in [0.15, 0.2) is 5.16 Å².